The van der Waals surface area contributed by atoms with Crippen molar-refractivity contribution in [3.05, 3.63) is 59.4 Å². The molecular weight excluding hydrogens is 384 g/mol. The second-order valence-corrected chi connectivity index (χ2v) is 7.54. The highest BCUT2D eigenvalue weighted by Gasteiger charge is 2.16. The first kappa shape index (κ1) is 21.4. The number of piperazine rings is 1. The van der Waals surface area contributed by atoms with Gasteiger partial charge in [-0.1, -0.05) is 23.7 Å². The summed E-state index contributed by atoms with van der Waals surface area (Å²) in [5.74, 6) is 0.851. The lowest BCUT2D eigenvalue weighted by Crippen LogP contribution is -2.47. The number of pyridine rings is 1. The van der Waals surface area contributed by atoms with E-state index in [0.717, 1.165) is 68.9 Å². The van der Waals surface area contributed by atoms with Crippen LogP contribution in [0.25, 0.3) is 0 Å². The molecule has 0 aliphatic carbocycles. The zero-order chi connectivity index (χ0) is 20.3. The molecule has 0 amide bonds. The van der Waals surface area contributed by atoms with E-state index in [1.54, 1.807) is 6.20 Å². The molecule has 1 aromatic carbocycles. The molecule has 6 nitrogen and oxygen atoms in total. The lowest BCUT2D eigenvalue weighted by Gasteiger charge is -2.36. The van der Waals surface area contributed by atoms with Crippen molar-refractivity contribution in [3.63, 3.8) is 0 Å². The molecule has 1 aromatic heterocycles. The number of nitrogens with one attached hydrogen (secondary N) is 2. The van der Waals surface area contributed by atoms with E-state index in [1.807, 2.05) is 36.4 Å². The van der Waals surface area contributed by atoms with Crippen LogP contribution in [-0.2, 0) is 6.54 Å². The van der Waals surface area contributed by atoms with Gasteiger partial charge >= 0.3 is 0 Å². The van der Waals surface area contributed by atoms with Gasteiger partial charge in [-0.3, -0.25) is 9.88 Å². The van der Waals surface area contributed by atoms with Crippen molar-refractivity contribution >= 4 is 23.2 Å². The molecule has 1 aliphatic heterocycles. The van der Waals surface area contributed by atoms with Crippen LogP contribution in [0.5, 0.6) is 0 Å². The topological polar surface area (TPSA) is 55.8 Å². The molecule has 1 saturated heterocycles. The molecule has 0 unspecified atom stereocenters. The predicted octanol–water partition coefficient (Wildman–Crippen LogP) is 3.00. The zero-order valence-corrected chi connectivity index (χ0v) is 17.9. The Bertz CT molecular complexity index is 759. The van der Waals surface area contributed by atoms with Gasteiger partial charge in [-0.05, 0) is 50.2 Å². The highest BCUT2D eigenvalue weighted by Crippen LogP contribution is 2.20. The fourth-order valence-electron chi connectivity index (χ4n) is 3.41. The average molecular weight is 415 g/mol. The number of anilines is 1. The number of halogens is 1. The minimum Gasteiger partial charge on any atom is -0.369 e. The smallest absolute Gasteiger partial charge is 0.191 e. The fourth-order valence-corrected chi connectivity index (χ4v) is 3.59. The van der Waals surface area contributed by atoms with E-state index in [0.29, 0.717) is 6.54 Å². The van der Waals surface area contributed by atoms with Crippen LogP contribution < -0.4 is 15.5 Å². The molecule has 0 atom stereocenters. The van der Waals surface area contributed by atoms with Gasteiger partial charge in [0.25, 0.3) is 0 Å². The number of nitrogens with zero attached hydrogens (tertiary/aromatic N) is 4. The Morgan fingerprint density at radius 2 is 1.97 bits per heavy atom. The fraction of sp³-hybridized carbons (Fsp3) is 0.455. The molecule has 2 N–H and O–H groups in total. The van der Waals surface area contributed by atoms with Gasteiger partial charge in [0.1, 0.15) is 0 Å². The third kappa shape index (κ3) is 7.22. The van der Waals surface area contributed by atoms with E-state index in [9.17, 15) is 0 Å². The first-order valence-electron chi connectivity index (χ1n) is 10.4. The van der Waals surface area contributed by atoms with Gasteiger partial charge in [-0.2, -0.15) is 0 Å². The molecule has 0 spiro atoms. The highest BCUT2D eigenvalue weighted by atomic mass is 35.5. The van der Waals surface area contributed by atoms with Gasteiger partial charge in [-0.25, -0.2) is 4.99 Å². The first-order valence-corrected chi connectivity index (χ1v) is 10.8. The Morgan fingerprint density at radius 1 is 1.10 bits per heavy atom. The maximum atomic E-state index is 6.12. The summed E-state index contributed by atoms with van der Waals surface area (Å²) in [5.41, 5.74) is 2.19. The van der Waals surface area contributed by atoms with Crippen LogP contribution in [0.3, 0.4) is 0 Å². The minimum absolute atomic E-state index is 0.585. The Labute approximate surface area is 179 Å². The molecule has 7 heteroatoms. The lowest BCUT2D eigenvalue weighted by molar-refractivity contribution is 0.255. The molecule has 3 rings (SSSR count). The number of rotatable bonds is 8. The third-order valence-corrected chi connectivity index (χ3v) is 5.19. The Morgan fingerprint density at radius 3 is 2.69 bits per heavy atom. The van der Waals surface area contributed by atoms with E-state index in [2.05, 4.69) is 43.4 Å². The van der Waals surface area contributed by atoms with Crippen molar-refractivity contribution in [3.8, 4) is 0 Å². The molecule has 156 valence electrons. The molecule has 0 bridgehead atoms. The van der Waals surface area contributed by atoms with Crippen molar-refractivity contribution in [1.82, 2.24) is 20.5 Å². The van der Waals surface area contributed by atoms with Crippen LogP contribution in [0.2, 0.25) is 5.02 Å². The number of hydrogen-bond donors (Lipinski definition) is 2. The molecule has 29 heavy (non-hydrogen) atoms. The van der Waals surface area contributed by atoms with Gasteiger partial charge in [0, 0.05) is 56.2 Å². The number of guanidine groups is 1. The number of aromatic nitrogens is 1. The van der Waals surface area contributed by atoms with Crippen molar-refractivity contribution in [1.29, 1.82) is 0 Å². The minimum atomic E-state index is 0.585. The van der Waals surface area contributed by atoms with E-state index >= 15 is 0 Å². The Balaban J connectivity index is 1.36. The highest BCUT2D eigenvalue weighted by molar-refractivity contribution is 6.30. The maximum Gasteiger partial charge on any atom is 0.191 e. The lowest BCUT2D eigenvalue weighted by atomic mass is 10.2. The summed E-state index contributed by atoms with van der Waals surface area (Å²) in [6.45, 7) is 9.77. The van der Waals surface area contributed by atoms with Crippen LogP contribution >= 0.6 is 11.6 Å². The van der Waals surface area contributed by atoms with Gasteiger partial charge in [-0.15, -0.1) is 0 Å². The summed E-state index contributed by atoms with van der Waals surface area (Å²) in [5, 5.41) is 7.53. The summed E-state index contributed by atoms with van der Waals surface area (Å²) >= 11 is 6.12. The molecule has 2 aromatic rings. The largest absolute Gasteiger partial charge is 0.369 e. The summed E-state index contributed by atoms with van der Waals surface area (Å²) < 4.78 is 0. The summed E-state index contributed by atoms with van der Waals surface area (Å²) in [4.78, 5) is 13.9. The number of hydrogen-bond acceptors (Lipinski definition) is 4. The summed E-state index contributed by atoms with van der Waals surface area (Å²) in [6.07, 6.45) is 2.89. The van der Waals surface area contributed by atoms with Gasteiger partial charge < -0.3 is 15.5 Å². The molecular formula is C22H31ClN6. The first-order chi connectivity index (χ1) is 14.2. The quantitative estimate of drug-likeness (QED) is 0.395. The van der Waals surface area contributed by atoms with Crippen LogP contribution in [0.15, 0.2) is 53.7 Å². The molecule has 1 aliphatic rings. The van der Waals surface area contributed by atoms with Gasteiger partial charge in [0.15, 0.2) is 5.96 Å². The number of benzene rings is 1. The molecule has 0 radical (unpaired) electrons. The van der Waals surface area contributed by atoms with Gasteiger partial charge in [0.05, 0.1) is 12.2 Å². The Hall–Kier alpha value is -2.31. The van der Waals surface area contributed by atoms with E-state index in [-0.39, 0.29) is 0 Å². The van der Waals surface area contributed by atoms with Crippen molar-refractivity contribution in [2.75, 3.05) is 50.7 Å². The van der Waals surface area contributed by atoms with E-state index in [4.69, 9.17) is 11.6 Å². The van der Waals surface area contributed by atoms with Crippen LogP contribution in [0.4, 0.5) is 5.69 Å². The van der Waals surface area contributed by atoms with Gasteiger partial charge in [0.2, 0.25) is 0 Å². The summed E-state index contributed by atoms with van der Waals surface area (Å²) in [6, 6.07) is 14.0. The van der Waals surface area contributed by atoms with E-state index < -0.39 is 0 Å². The average Bonchev–Trinajstić information content (AvgIpc) is 2.76. The van der Waals surface area contributed by atoms with Crippen molar-refractivity contribution < 1.29 is 0 Å². The zero-order valence-electron chi connectivity index (χ0n) is 17.1. The van der Waals surface area contributed by atoms with Crippen molar-refractivity contribution in [2.45, 2.75) is 19.9 Å². The SMILES string of the molecule is CCNC(=NCc1ccccn1)NCCCN1CCN(c2cccc(Cl)c2)CC1. The normalized spacial score (nSPS) is 15.4. The second kappa shape index (κ2) is 11.6. The molecule has 0 saturated carbocycles. The Kier molecular flexibility index (Phi) is 8.58. The van der Waals surface area contributed by atoms with Crippen molar-refractivity contribution in [2.24, 2.45) is 4.99 Å². The van der Waals surface area contributed by atoms with Crippen LogP contribution in [-0.4, -0.2) is 61.7 Å². The predicted molar refractivity (Wildman–Crippen MR) is 122 cm³/mol. The third-order valence-electron chi connectivity index (χ3n) is 4.96. The van der Waals surface area contributed by atoms with Crippen LogP contribution in [0, 0.1) is 0 Å². The monoisotopic (exact) mass is 414 g/mol. The molecule has 1 fully saturated rings. The number of aliphatic imine (C=N–C) groups is 1. The summed E-state index contributed by atoms with van der Waals surface area (Å²) in [7, 11) is 0. The standard InChI is InChI=1S/C22H31ClN6/c1-2-24-22(27-18-20-8-3-4-10-25-20)26-11-6-12-28-13-15-29(16-14-28)21-9-5-7-19(23)17-21/h3-5,7-10,17H,2,6,11-16,18H2,1H3,(H2,24,26,27). The molecule has 2 heterocycles. The maximum absolute atomic E-state index is 6.12. The second-order valence-electron chi connectivity index (χ2n) is 7.11. The van der Waals surface area contributed by atoms with Crippen LogP contribution in [0.1, 0.15) is 19.0 Å². The van der Waals surface area contributed by atoms with E-state index in [1.165, 1.54) is 5.69 Å².